The predicted octanol–water partition coefficient (Wildman–Crippen LogP) is -0.0815. The quantitative estimate of drug-likeness (QED) is 0.706. The molecular weight excluding hydrogens is 170 g/mol. The molecule has 13 heavy (non-hydrogen) atoms. The molecule has 0 aliphatic rings. The van der Waals surface area contributed by atoms with Crippen molar-refractivity contribution in [3.8, 4) is 6.01 Å². The van der Waals surface area contributed by atoms with E-state index in [1.54, 1.807) is 4.90 Å². The Hall–Kier alpha value is -1.59. The van der Waals surface area contributed by atoms with Crippen molar-refractivity contribution in [2.45, 2.75) is 6.92 Å². The molecule has 0 aromatic carbocycles. The van der Waals surface area contributed by atoms with Gasteiger partial charge in [-0.1, -0.05) is 0 Å². The molecule has 0 aliphatic heterocycles. The number of rotatable bonds is 3. The normalized spacial score (nSPS) is 9.77. The number of hydrogen-bond donors (Lipinski definition) is 1. The van der Waals surface area contributed by atoms with Gasteiger partial charge in [0.25, 0.3) is 0 Å². The molecule has 0 spiro atoms. The van der Waals surface area contributed by atoms with Crippen LogP contribution in [0, 0.1) is 0 Å². The maximum atomic E-state index is 5.46. The van der Waals surface area contributed by atoms with Gasteiger partial charge in [-0.05, 0) is 6.92 Å². The van der Waals surface area contributed by atoms with Crippen molar-refractivity contribution >= 4 is 11.9 Å². The molecule has 0 atom stereocenters. The summed E-state index contributed by atoms with van der Waals surface area (Å²) in [6.45, 7) is 2.37. The van der Waals surface area contributed by atoms with Crippen LogP contribution in [0.1, 0.15) is 6.92 Å². The van der Waals surface area contributed by atoms with Crippen molar-refractivity contribution in [1.29, 1.82) is 0 Å². The van der Waals surface area contributed by atoms with Crippen LogP contribution < -0.4 is 15.4 Å². The van der Waals surface area contributed by atoms with Gasteiger partial charge >= 0.3 is 6.01 Å². The Labute approximate surface area is 76.8 Å². The summed E-state index contributed by atoms with van der Waals surface area (Å²) in [5, 5.41) is 0. The van der Waals surface area contributed by atoms with Crippen molar-refractivity contribution < 1.29 is 4.74 Å². The van der Waals surface area contributed by atoms with Crippen LogP contribution in [0.4, 0.5) is 11.9 Å². The summed E-state index contributed by atoms with van der Waals surface area (Å²) in [7, 11) is 3.65. The molecular formula is C7H13N5O. The van der Waals surface area contributed by atoms with Gasteiger partial charge in [0.05, 0.1) is 6.61 Å². The number of anilines is 2. The second-order valence-electron chi connectivity index (χ2n) is 2.60. The Morgan fingerprint density at radius 3 is 2.54 bits per heavy atom. The van der Waals surface area contributed by atoms with Crippen LogP contribution >= 0.6 is 0 Å². The molecule has 6 heteroatoms. The molecule has 0 fully saturated rings. The standard InChI is InChI=1S/C7H13N5O/c1-4-13-7-10-5(8)9-6(11-7)12(2)3/h4H2,1-3H3,(H2,8,9,10,11). The Morgan fingerprint density at radius 1 is 1.31 bits per heavy atom. The summed E-state index contributed by atoms with van der Waals surface area (Å²) < 4.78 is 5.11. The second kappa shape index (κ2) is 3.88. The molecule has 1 aromatic rings. The minimum absolute atomic E-state index is 0.169. The number of ether oxygens (including phenoxy) is 1. The fraction of sp³-hybridized carbons (Fsp3) is 0.571. The Kier molecular flexibility index (Phi) is 2.84. The predicted molar refractivity (Wildman–Crippen MR) is 49.7 cm³/mol. The van der Waals surface area contributed by atoms with Crippen molar-refractivity contribution in [3.63, 3.8) is 0 Å². The lowest BCUT2D eigenvalue weighted by Crippen LogP contribution is -2.15. The zero-order valence-corrected chi connectivity index (χ0v) is 7.98. The zero-order chi connectivity index (χ0) is 9.84. The zero-order valence-electron chi connectivity index (χ0n) is 7.98. The monoisotopic (exact) mass is 183 g/mol. The summed E-state index contributed by atoms with van der Waals surface area (Å²) in [5.41, 5.74) is 5.46. The van der Waals surface area contributed by atoms with E-state index in [9.17, 15) is 0 Å². The van der Waals surface area contributed by atoms with E-state index < -0.39 is 0 Å². The second-order valence-corrected chi connectivity index (χ2v) is 2.60. The number of nitrogens with two attached hydrogens (primary N) is 1. The van der Waals surface area contributed by atoms with Gasteiger partial charge in [-0.15, -0.1) is 0 Å². The molecule has 6 nitrogen and oxygen atoms in total. The van der Waals surface area contributed by atoms with Crippen molar-refractivity contribution in [3.05, 3.63) is 0 Å². The third kappa shape index (κ3) is 2.43. The first-order valence-electron chi connectivity index (χ1n) is 3.95. The van der Waals surface area contributed by atoms with Gasteiger partial charge in [0.1, 0.15) is 0 Å². The first-order chi connectivity index (χ1) is 6.13. The third-order valence-electron chi connectivity index (χ3n) is 1.29. The van der Waals surface area contributed by atoms with Gasteiger partial charge in [-0.25, -0.2) is 0 Å². The van der Waals surface area contributed by atoms with E-state index in [0.717, 1.165) is 0 Å². The minimum Gasteiger partial charge on any atom is -0.464 e. The SMILES string of the molecule is CCOc1nc(N)nc(N(C)C)n1. The minimum atomic E-state index is 0.169. The highest BCUT2D eigenvalue weighted by Gasteiger charge is 2.05. The van der Waals surface area contributed by atoms with Crippen LogP contribution in [0.5, 0.6) is 6.01 Å². The van der Waals surface area contributed by atoms with Crippen LogP contribution in [0.15, 0.2) is 0 Å². The van der Waals surface area contributed by atoms with E-state index in [0.29, 0.717) is 12.6 Å². The molecule has 0 saturated carbocycles. The lowest BCUT2D eigenvalue weighted by atomic mass is 10.8. The third-order valence-corrected chi connectivity index (χ3v) is 1.29. The van der Waals surface area contributed by atoms with E-state index in [-0.39, 0.29) is 12.0 Å². The lowest BCUT2D eigenvalue weighted by Gasteiger charge is -2.10. The van der Waals surface area contributed by atoms with Crippen LogP contribution in [0.2, 0.25) is 0 Å². The average Bonchev–Trinajstić information content (AvgIpc) is 2.03. The van der Waals surface area contributed by atoms with Gasteiger partial charge < -0.3 is 15.4 Å². The number of aromatic nitrogens is 3. The topological polar surface area (TPSA) is 77.2 Å². The summed E-state index contributed by atoms with van der Waals surface area (Å²) in [4.78, 5) is 13.5. The van der Waals surface area contributed by atoms with E-state index in [1.165, 1.54) is 0 Å². The molecule has 0 unspecified atom stereocenters. The fourth-order valence-electron chi connectivity index (χ4n) is 0.755. The highest BCUT2D eigenvalue weighted by molar-refractivity contribution is 5.33. The fourth-order valence-corrected chi connectivity index (χ4v) is 0.755. The molecule has 1 aromatic heterocycles. The van der Waals surface area contributed by atoms with Crippen LogP contribution in [-0.4, -0.2) is 35.7 Å². The van der Waals surface area contributed by atoms with E-state index in [1.807, 2.05) is 21.0 Å². The van der Waals surface area contributed by atoms with Crippen molar-refractivity contribution in [2.24, 2.45) is 0 Å². The Balaban J connectivity index is 2.96. The Morgan fingerprint density at radius 2 is 2.00 bits per heavy atom. The lowest BCUT2D eigenvalue weighted by molar-refractivity contribution is 0.312. The number of nitrogens with zero attached hydrogens (tertiary/aromatic N) is 4. The molecule has 0 saturated heterocycles. The summed E-state index contributed by atoms with van der Waals surface area (Å²) >= 11 is 0. The highest BCUT2D eigenvalue weighted by atomic mass is 16.5. The first-order valence-corrected chi connectivity index (χ1v) is 3.95. The Bertz CT molecular complexity index is 288. The summed E-state index contributed by atoms with van der Waals surface area (Å²) in [6.07, 6.45) is 0. The van der Waals surface area contributed by atoms with Crippen LogP contribution in [0.25, 0.3) is 0 Å². The largest absolute Gasteiger partial charge is 0.464 e. The van der Waals surface area contributed by atoms with Gasteiger partial charge in [0.15, 0.2) is 0 Å². The maximum absolute atomic E-state index is 5.46. The van der Waals surface area contributed by atoms with E-state index in [4.69, 9.17) is 10.5 Å². The van der Waals surface area contributed by atoms with Gasteiger partial charge in [0.2, 0.25) is 11.9 Å². The summed E-state index contributed by atoms with van der Waals surface area (Å²) in [5.74, 6) is 0.665. The van der Waals surface area contributed by atoms with Crippen LogP contribution in [-0.2, 0) is 0 Å². The van der Waals surface area contributed by atoms with Gasteiger partial charge in [-0.3, -0.25) is 0 Å². The molecule has 0 radical (unpaired) electrons. The molecule has 1 heterocycles. The van der Waals surface area contributed by atoms with Gasteiger partial charge in [-0.2, -0.15) is 15.0 Å². The smallest absolute Gasteiger partial charge is 0.323 e. The summed E-state index contributed by atoms with van der Waals surface area (Å²) in [6, 6.07) is 0.263. The maximum Gasteiger partial charge on any atom is 0.323 e. The molecule has 1 rings (SSSR count). The molecule has 0 aliphatic carbocycles. The number of hydrogen-bond acceptors (Lipinski definition) is 6. The average molecular weight is 183 g/mol. The highest BCUT2D eigenvalue weighted by Crippen LogP contribution is 2.10. The number of nitrogen functional groups attached to an aromatic ring is 1. The van der Waals surface area contributed by atoms with Crippen LogP contribution in [0.3, 0.4) is 0 Å². The molecule has 2 N–H and O–H groups in total. The van der Waals surface area contributed by atoms with E-state index >= 15 is 0 Å². The molecule has 0 bridgehead atoms. The van der Waals surface area contributed by atoms with Crippen molar-refractivity contribution in [2.75, 3.05) is 31.3 Å². The first kappa shape index (κ1) is 9.50. The van der Waals surface area contributed by atoms with Gasteiger partial charge in [0, 0.05) is 14.1 Å². The van der Waals surface area contributed by atoms with E-state index in [2.05, 4.69) is 15.0 Å². The molecule has 0 amide bonds. The van der Waals surface area contributed by atoms with Crippen molar-refractivity contribution in [1.82, 2.24) is 15.0 Å². The molecule has 72 valence electrons.